The number of alkyl halides is 3. The molecule has 1 aromatic heterocycles. The van der Waals surface area contributed by atoms with Crippen molar-refractivity contribution in [1.29, 1.82) is 0 Å². The number of nitrogens with zero attached hydrogens (tertiary/aromatic N) is 2. The second-order valence-corrected chi connectivity index (χ2v) is 5.83. The van der Waals surface area contributed by atoms with Crippen molar-refractivity contribution in [1.82, 2.24) is 20.2 Å². The zero-order valence-electron chi connectivity index (χ0n) is 13.4. The summed E-state index contributed by atoms with van der Waals surface area (Å²) in [7, 11) is 1.37. The number of halogens is 3. The number of urea groups is 1. The molecule has 0 aliphatic heterocycles. The molecule has 1 rings (SSSR count). The summed E-state index contributed by atoms with van der Waals surface area (Å²) in [6.45, 7) is 4.09. The van der Waals surface area contributed by atoms with Gasteiger partial charge in [0.15, 0.2) is 0 Å². The number of carbonyl (C=O) groups is 1. The maximum Gasteiger partial charge on any atom is 0.424 e. The highest BCUT2D eigenvalue weighted by atomic mass is 19.4. The van der Waals surface area contributed by atoms with Crippen molar-refractivity contribution in [3.63, 3.8) is 0 Å². The van der Waals surface area contributed by atoms with E-state index >= 15 is 0 Å². The lowest BCUT2D eigenvalue weighted by atomic mass is 9.97. The summed E-state index contributed by atoms with van der Waals surface area (Å²) in [4.78, 5) is 15.1. The van der Waals surface area contributed by atoms with Gasteiger partial charge in [-0.05, 0) is 12.3 Å². The van der Waals surface area contributed by atoms with Gasteiger partial charge in [0.2, 0.25) is 5.60 Å². The fourth-order valence-electron chi connectivity index (χ4n) is 2.04. The molecule has 9 heteroatoms. The monoisotopic (exact) mass is 336 g/mol. The van der Waals surface area contributed by atoms with Crippen molar-refractivity contribution in [2.45, 2.75) is 38.5 Å². The molecule has 0 bridgehead atoms. The highest BCUT2D eigenvalue weighted by Crippen LogP contribution is 2.40. The minimum Gasteiger partial charge on any atom is -0.374 e. The lowest BCUT2D eigenvalue weighted by molar-refractivity contribution is -0.272. The van der Waals surface area contributed by atoms with Gasteiger partial charge < -0.3 is 20.3 Å². The SMILES string of the molecule is CC(C)CCNC(=O)NCCC(O)(c1nccn1C)C(F)(F)F. The molecule has 6 nitrogen and oxygen atoms in total. The number of aliphatic hydroxyl groups is 1. The van der Waals surface area contributed by atoms with Crippen LogP contribution in [0.4, 0.5) is 18.0 Å². The van der Waals surface area contributed by atoms with Gasteiger partial charge in [0, 0.05) is 39.0 Å². The van der Waals surface area contributed by atoms with Crippen LogP contribution in [0.3, 0.4) is 0 Å². The minimum atomic E-state index is -4.90. The Labute approximate surface area is 133 Å². The van der Waals surface area contributed by atoms with Gasteiger partial charge in [-0.15, -0.1) is 0 Å². The molecule has 0 saturated carbocycles. The van der Waals surface area contributed by atoms with Crippen molar-refractivity contribution in [2.24, 2.45) is 13.0 Å². The Morgan fingerprint density at radius 1 is 1.35 bits per heavy atom. The van der Waals surface area contributed by atoms with Crippen LogP contribution in [-0.2, 0) is 12.6 Å². The molecule has 3 N–H and O–H groups in total. The van der Waals surface area contributed by atoms with Crippen molar-refractivity contribution in [3.05, 3.63) is 18.2 Å². The highest BCUT2D eigenvalue weighted by Gasteiger charge is 2.57. The van der Waals surface area contributed by atoms with Gasteiger partial charge in [0.25, 0.3) is 0 Å². The normalized spacial score (nSPS) is 14.6. The van der Waals surface area contributed by atoms with Crippen molar-refractivity contribution < 1.29 is 23.1 Å². The molecule has 0 aliphatic carbocycles. The van der Waals surface area contributed by atoms with Crippen LogP contribution >= 0.6 is 0 Å². The summed E-state index contributed by atoms with van der Waals surface area (Å²) >= 11 is 0. The number of aryl methyl sites for hydroxylation is 1. The smallest absolute Gasteiger partial charge is 0.374 e. The van der Waals surface area contributed by atoms with Gasteiger partial charge in [0.1, 0.15) is 5.82 Å². The van der Waals surface area contributed by atoms with Crippen LogP contribution in [-0.4, -0.2) is 40.0 Å². The summed E-state index contributed by atoms with van der Waals surface area (Å²) < 4.78 is 40.8. The lowest BCUT2D eigenvalue weighted by Gasteiger charge is -2.29. The zero-order valence-corrected chi connectivity index (χ0v) is 13.4. The van der Waals surface area contributed by atoms with Crippen LogP contribution in [0.5, 0.6) is 0 Å². The number of hydrogen-bond acceptors (Lipinski definition) is 3. The summed E-state index contributed by atoms with van der Waals surface area (Å²) in [5.41, 5.74) is -3.11. The topological polar surface area (TPSA) is 79.2 Å². The summed E-state index contributed by atoms with van der Waals surface area (Å²) in [6.07, 6.45) is -2.36. The molecule has 0 saturated heterocycles. The Balaban J connectivity index is 2.61. The Kier molecular flexibility index (Phi) is 6.43. The van der Waals surface area contributed by atoms with Gasteiger partial charge in [-0.25, -0.2) is 9.78 Å². The molecule has 0 aromatic carbocycles. The number of aromatic nitrogens is 2. The molecular formula is C14H23F3N4O2. The molecule has 2 amide bonds. The van der Waals surface area contributed by atoms with Crippen molar-refractivity contribution >= 4 is 6.03 Å². The first-order valence-corrected chi connectivity index (χ1v) is 7.36. The third kappa shape index (κ3) is 5.12. The van der Waals surface area contributed by atoms with Gasteiger partial charge >= 0.3 is 12.2 Å². The molecular weight excluding hydrogens is 313 g/mol. The fraction of sp³-hybridized carbons (Fsp3) is 0.714. The third-order valence-corrected chi connectivity index (χ3v) is 3.44. The van der Waals surface area contributed by atoms with E-state index in [1.165, 1.54) is 19.4 Å². The Morgan fingerprint density at radius 2 is 1.96 bits per heavy atom. The number of carbonyl (C=O) groups excluding carboxylic acids is 1. The minimum absolute atomic E-state index is 0.337. The molecule has 1 unspecified atom stereocenters. The Morgan fingerprint density at radius 3 is 2.43 bits per heavy atom. The second-order valence-electron chi connectivity index (χ2n) is 5.83. The molecule has 1 atom stereocenters. The first-order valence-electron chi connectivity index (χ1n) is 7.36. The van der Waals surface area contributed by atoms with Crippen LogP contribution in [0.25, 0.3) is 0 Å². The fourth-order valence-corrected chi connectivity index (χ4v) is 2.04. The molecule has 1 aromatic rings. The highest BCUT2D eigenvalue weighted by molar-refractivity contribution is 5.73. The molecule has 0 spiro atoms. The number of nitrogens with one attached hydrogen (secondary N) is 2. The molecule has 132 valence electrons. The van der Waals surface area contributed by atoms with Crippen LogP contribution in [0.15, 0.2) is 12.4 Å². The summed E-state index contributed by atoms with van der Waals surface area (Å²) in [5.74, 6) is -0.0962. The van der Waals surface area contributed by atoms with E-state index in [1.54, 1.807) is 0 Å². The van der Waals surface area contributed by atoms with E-state index in [1.807, 2.05) is 13.8 Å². The predicted molar refractivity (Wildman–Crippen MR) is 78.6 cm³/mol. The standard InChI is InChI=1S/C14H23F3N4O2/c1-10(2)4-6-19-12(22)20-7-5-13(23,14(15,16)17)11-18-8-9-21(11)3/h8-10,23H,4-7H2,1-3H3,(H2,19,20,22). The van der Waals surface area contributed by atoms with Crippen LogP contribution in [0, 0.1) is 5.92 Å². The van der Waals surface area contributed by atoms with Crippen LogP contribution in [0.2, 0.25) is 0 Å². The molecule has 0 fully saturated rings. The summed E-state index contributed by atoms with van der Waals surface area (Å²) in [5, 5.41) is 14.9. The van der Waals surface area contributed by atoms with E-state index in [0.29, 0.717) is 12.5 Å². The average Bonchev–Trinajstić information content (AvgIpc) is 2.83. The molecule has 0 radical (unpaired) electrons. The second kappa shape index (κ2) is 7.67. The number of rotatable bonds is 7. The van der Waals surface area contributed by atoms with E-state index in [-0.39, 0.29) is 6.54 Å². The Hall–Kier alpha value is -1.77. The van der Waals surface area contributed by atoms with Crippen molar-refractivity contribution in [2.75, 3.05) is 13.1 Å². The van der Waals surface area contributed by atoms with Crippen LogP contribution < -0.4 is 10.6 Å². The third-order valence-electron chi connectivity index (χ3n) is 3.44. The summed E-state index contributed by atoms with van der Waals surface area (Å²) in [6, 6.07) is -0.560. The van der Waals surface area contributed by atoms with E-state index < -0.39 is 30.1 Å². The number of imidazole rings is 1. The largest absolute Gasteiger partial charge is 0.424 e. The van der Waals surface area contributed by atoms with Gasteiger partial charge in [-0.3, -0.25) is 0 Å². The van der Waals surface area contributed by atoms with Crippen molar-refractivity contribution in [3.8, 4) is 0 Å². The van der Waals surface area contributed by atoms with Gasteiger partial charge in [-0.1, -0.05) is 13.8 Å². The molecule has 0 aliphatic rings. The first kappa shape index (κ1) is 19.3. The number of amides is 2. The first-order chi connectivity index (χ1) is 10.6. The van der Waals surface area contributed by atoms with Crippen LogP contribution in [0.1, 0.15) is 32.5 Å². The predicted octanol–water partition coefficient (Wildman–Crippen LogP) is 1.91. The van der Waals surface area contributed by atoms with E-state index in [0.717, 1.165) is 11.0 Å². The molecule has 1 heterocycles. The Bertz CT molecular complexity index is 516. The van der Waals surface area contributed by atoms with E-state index in [2.05, 4.69) is 15.6 Å². The van der Waals surface area contributed by atoms with E-state index in [9.17, 15) is 23.1 Å². The van der Waals surface area contributed by atoms with E-state index in [4.69, 9.17) is 0 Å². The maximum atomic E-state index is 13.2. The quantitative estimate of drug-likeness (QED) is 0.712. The average molecular weight is 336 g/mol. The lowest BCUT2D eigenvalue weighted by Crippen LogP contribution is -2.47. The number of hydrogen-bond donors (Lipinski definition) is 3. The van der Waals surface area contributed by atoms with Gasteiger partial charge in [0.05, 0.1) is 0 Å². The maximum absolute atomic E-state index is 13.2. The van der Waals surface area contributed by atoms with Gasteiger partial charge in [-0.2, -0.15) is 13.2 Å². The molecule has 23 heavy (non-hydrogen) atoms. The zero-order chi connectivity index (χ0) is 17.7.